The van der Waals surface area contributed by atoms with Gasteiger partial charge in [0.05, 0.1) is 28.6 Å². The number of benzene rings is 1. The van der Waals surface area contributed by atoms with Crippen LogP contribution in [0.3, 0.4) is 0 Å². The van der Waals surface area contributed by atoms with Gasteiger partial charge in [-0.15, -0.1) is 0 Å². The zero-order valence-corrected chi connectivity index (χ0v) is 11.2. The number of hydrogen-bond acceptors (Lipinski definition) is 6. The molecule has 0 aromatic heterocycles. The van der Waals surface area contributed by atoms with Crippen molar-refractivity contribution in [2.24, 2.45) is 0 Å². The van der Waals surface area contributed by atoms with Crippen molar-refractivity contribution in [3.8, 4) is 0 Å². The van der Waals surface area contributed by atoms with Crippen LogP contribution in [0.1, 0.15) is 11.1 Å². The number of allylic oxidation sites excluding steroid dienone is 4. The fourth-order valence-corrected chi connectivity index (χ4v) is 2.55. The standard InChI is InChI=1S/C14H8N2O6/c1-22-12-3-2-9-10(14(12)17)5-7-4-8(15(18)19)6-11(13(7)9)16(20)21/h2-6H,1H3. The number of non-ortho nitro benzene ring substituents is 1. The van der Waals surface area contributed by atoms with Crippen molar-refractivity contribution in [2.45, 2.75) is 0 Å². The number of nitro benzene ring substituents is 2. The molecule has 8 nitrogen and oxygen atoms in total. The van der Waals surface area contributed by atoms with Gasteiger partial charge in [-0.05, 0) is 23.8 Å². The molecule has 1 aromatic rings. The molecule has 3 rings (SSSR count). The van der Waals surface area contributed by atoms with Crippen LogP contribution in [0.5, 0.6) is 0 Å². The number of methoxy groups -OCH3 is 1. The van der Waals surface area contributed by atoms with Crippen molar-refractivity contribution >= 4 is 28.8 Å². The minimum atomic E-state index is -0.706. The summed E-state index contributed by atoms with van der Waals surface area (Å²) in [5.41, 5.74) is 0.310. The van der Waals surface area contributed by atoms with Crippen LogP contribution in [0.4, 0.5) is 11.4 Å². The highest BCUT2D eigenvalue weighted by molar-refractivity contribution is 6.25. The summed E-state index contributed by atoms with van der Waals surface area (Å²) in [4.78, 5) is 32.9. The molecular formula is C14H8N2O6. The van der Waals surface area contributed by atoms with Crippen molar-refractivity contribution in [3.63, 3.8) is 0 Å². The van der Waals surface area contributed by atoms with E-state index in [0.29, 0.717) is 5.57 Å². The molecule has 0 atom stereocenters. The molecule has 22 heavy (non-hydrogen) atoms. The molecule has 0 heterocycles. The zero-order chi connectivity index (χ0) is 16.0. The smallest absolute Gasteiger partial charge is 0.284 e. The Morgan fingerprint density at radius 2 is 1.77 bits per heavy atom. The molecule has 2 aliphatic rings. The number of carbonyl (C=O) groups is 1. The predicted octanol–water partition coefficient (Wildman–Crippen LogP) is 2.40. The van der Waals surface area contributed by atoms with Crippen LogP contribution < -0.4 is 0 Å². The molecule has 0 amide bonds. The average Bonchev–Trinajstić information content (AvgIpc) is 2.86. The van der Waals surface area contributed by atoms with Gasteiger partial charge >= 0.3 is 0 Å². The minimum Gasteiger partial charge on any atom is -0.493 e. The topological polar surface area (TPSA) is 113 Å². The van der Waals surface area contributed by atoms with Gasteiger partial charge in [-0.25, -0.2) is 0 Å². The Kier molecular flexibility index (Phi) is 2.87. The number of Topliss-reactive ketones (excluding diaryl/α,β-unsaturated/α-hetero) is 1. The Balaban J connectivity index is 2.27. The maximum absolute atomic E-state index is 12.2. The molecule has 110 valence electrons. The summed E-state index contributed by atoms with van der Waals surface area (Å²) < 4.78 is 4.93. The molecule has 0 bridgehead atoms. The lowest BCUT2D eigenvalue weighted by Gasteiger charge is -2.12. The highest BCUT2D eigenvalue weighted by Gasteiger charge is 2.35. The van der Waals surface area contributed by atoms with Crippen molar-refractivity contribution in [1.29, 1.82) is 0 Å². The molecule has 8 heteroatoms. The largest absolute Gasteiger partial charge is 0.493 e. The summed E-state index contributed by atoms with van der Waals surface area (Å²) in [6.45, 7) is 0. The number of ether oxygens (including phenoxy) is 1. The second-order valence-corrected chi connectivity index (χ2v) is 4.65. The second kappa shape index (κ2) is 4.62. The third-order valence-electron chi connectivity index (χ3n) is 3.49. The molecule has 1 aromatic carbocycles. The van der Waals surface area contributed by atoms with E-state index in [0.717, 1.165) is 6.07 Å². The molecule has 2 aliphatic carbocycles. The van der Waals surface area contributed by atoms with Crippen LogP contribution in [-0.2, 0) is 9.53 Å². The predicted molar refractivity (Wildman–Crippen MR) is 75.8 cm³/mol. The van der Waals surface area contributed by atoms with Gasteiger partial charge in [0.15, 0.2) is 5.76 Å². The van der Waals surface area contributed by atoms with E-state index >= 15 is 0 Å². The third-order valence-corrected chi connectivity index (χ3v) is 3.49. The first kappa shape index (κ1) is 13.7. The van der Waals surface area contributed by atoms with E-state index < -0.39 is 27.0 Å². The molecule has 0 saturated carbocycles. The summed E-state index contributed by atoms with van der Waals surface area (Å²) in [5.74, 6) is -0.298. The summed E-state index contributed by atoms with van der Waals surface area (Å²) in [7, 11) is 1.35. The van der Waals surface area contributed by atoms with Crippen molar-refractivity contribution in [1.82, 2.24) is 0 Å². The molecule has 0 aliphatic heterocycles. The Morgan fingerprint density at radius 1 is 1.05 bits per heavy atom. The van der Waals surface area contributed by atoms with Crippen molar-refractivity contribution in [3.05, 3.63) is 67.0 Å². The van der Waals surface area contributed by atoms with Crippen molar-refractivity contribution in [2.75, 3.05) is 7.11 Å². The lowest BCUT2D eigenvalue weighted by Crippen LogP contribution is -2.11. The maximum Gasteiger partial charge on any atom is 0.284 e. The maximum atomic E-state index is 12.2. The summed E-state index contributed by atoms with van der Waals surface area (Å²) in [6.07, 6.45) is 4.38. The Morgan fingerprint density at radius 3 is 2.36 bits per heavy atom. The van der Waals surface area contributed by atoms with E-state index in [1.165, 1.54) is 31.4 Å². The van der Waals surface area contributed by atoms with Gasteiger partial charge in [-0.1, -0.05) is 0 Å². The van der Waals surface area contributed by atoms with Gasteiger partial charge in [0.1, 0.15) is 0 Å². The first-order valence-corrected chi connectivity index (χ1v) is 6.14. The molecular weight excluding hydrogens is 292 g/mol. The molecule has 0 radical (unpaired) electrons. The number of fused-ring (bicyclic) bond motifs is 3. The van der Waals surface area contributed by atoms with Crippen LogP contribution in [0.15, 0.2) is 35.6 Å². The van der Waals surface area contributed by atoms with Crippen LogP contribution in [0.25, 0.3) is 11.6 Å². The number of nitro groups is 2. The van der Waals surface area contributed by atoms with Gasteiger partial charge in [0, 0.05) is 17.2 Å². The normalized spacial score (nSPS) is 15.3. The van der Waals surface area contributed by atoms with Gasteiger partial charge in [0.25, 0.3) is 11.4 Å². The highest BCUT2D eigenvalue weighted by Crippen LogP contribution is 2.45. The first-order chi connectivity index (χ1) is 10.4. The quantitative estimate of drug-likeness (QED) is 0.625. The zero-order valence-electron chi connectivity index (χ0n) is 11.2. The van der Waals surface area contributed by atoms with E-state index in [4.69, 9.17) is 4.74 Å². The Bertz CT molecular complexity index is 847. The molecule has 0 N–H and O–H groups in total. The van der Waals surface area contributed by atoms with Crippen LogP contribution in [0.2, 0.25) is 0 Å². The van der Waals surface area contributed by atoms with E-state index in [2.05, 4.69) is 0 Å². The second-order valence-electron chi connectivity index (χ2n) is 4.65. The first-order valence-electron chi connectivity index (χ1n) is 6.14. The monoisotopic (exact) mass is 300 g/mol. The van der Waals surface area contributed by atoms with Crippen molar-refractivity contribution < 1.29 is 19.4 Å². The number of ketones is 1. The Labute approximate surface area is 123 Å². The molecule has 0 unspecified atom stereocenters. The lowest BCUT2D eigenvalue weighted by atomic mass is 9.94. The van der Waals surface area contributed by atoms with Crippen LogP contribution in [-0.4, -0.2) is 22.7 Å². The molecule has 0 saturated heterocycles. The lowest BCUT2D eigenvalue weighted by molar-refractivity contribution is -0.394. The van der Waals surface area contributed by atoms with Gasteiger partial charge in [-0.2, -0.15) is 0 Å². The van der Waals surface area contributed by atoms with Crippen LogP contribution in [0, 0.1) is 20.2 Å². The van der Waals surface area contributed by atoms with E-state index in [9.17, 15) is 25.0 Å². The van der Waals surface area contributed by atoms with E-state index in [1.54, 1.807) is 0 Å². The van der Waals surface area contributed by atoms with Gasteiger partial charge in [0.2, 0.25) is 5.78 Å². The summed E-state index contributed by atoms with van der Waals surface area (Å²) in [5, 5.41) is 22.1. The minimum absolute atomic E-state index is 0.111. The number of hydrogen-bond donors (Lipinski definition) is 0. The number of carbonyl (C=O) groups excluding carboxylic acids is 1. The van der Waals surface area contributed by atoms with Gasteiger partial charge < -0.3 is 4.74 Å². The SMILES string of the molecule is COC1=CC=C2C(=Cc3cc([N+](=O)[O-])cc([N+](=O)[O-])c32)C1=O. The fraction of sp³-hybridized carbons (Fsp3) is 0.0714. The van der Waals surface area contributed by atoms with E-state index in [-0.39, 0.29) is 22.5 Å². The Hall–Kier alpha value is -3.29. The summed E-state index contributed by atoms with van der Waals surface area (Å²) in [6, 6.07) is 2.12. The number of nitrogens with zero attached hydrogens (tertiary/aromatic N) is 2. The van der Waals surface area contributed by atoms with Gasteiger partial charge in [-0.3, -0.25) is 25.0 Å². The third kappa shape index (κ3) is 1.81. The average molecular weight is 300 g/mol. The van der Waals surface area contributed by atoms with E-state index in [1.807, 2.05) is 0 Å². The number of rotatable bonds is 3. The summed E-state index contributed by atoms with van der Waals surface area (Å²) >= 11 is 0. The molecule has 0 fully saturated rings. The molecule has 0 spiro atoms. The fourth-order valence-electron chi connectivity index (χ4n) is 2.55. The van der Waals surface area contributed by atoms with Crippen LogP contribution >= 0.6 is 0 Å². The highest BCUT2D eigenvalue weighted by atomic mass is 16.6.